The van der Waals surface area contributed by atoms with Crippen LogP contribution in [0.2, 0.25) is 0 Å². The average molecular weight is 287 g/mol. The van der Waals surface area contributed by atoms with Crippen LogP contribution >= 0.6 is 15.9 Å². The van der Waals surface area contributed by atoms with Crippen LogP contribution in [-0.4, -0.2) is 24.4 Å². The third kappa shape index (κ3) is 2.56. The van der Waals surface area contributed by atoms with Gasteiger partial charge < -0.3 is 14.6 Å². The van der Waals surface area contributed by atoms with Gasteiger partial charge in [-0.15, -0.1) is 0 Å². The van der Waals surface area contributed by atoms with Crippen LogP contribution in [0.25, 0.3) is 0 Å². The molecule has 2 rings (SSSR count). The van der Waals surface area contributed by atoms with E-state index in [1.165, 1.54) is 0 Å². The first-order valence-corrected chi connectivity index (χ1v) is 6.14. The summed E-state index contributed by atoms with van der Waals surface area (Å²) >= 11 is 3.41. The van der Waals surface area contributed by atoms with Gasteiger partial charge >= 0.3 is 0 Å². The smallest absolute Gasteiger partial charge is 0.128 e. The molecule has 1 aliphatic rings. The largest absolute Gasteiger partial charge is 0.487 e. The van der Waals surface area contributed by atoms with Crippen molar-refractivity contribution < 1.29 is 14.6 Å². The maximum absolute atomic E-state index is 9.31. The Hall–Kier alpha value is -0.580. The van der Waals surface area contributed by atoms with E-state index < -0.39 is 0 Å². The molecule has 0 saturated carbocycles. The van der Waals surface area contributed by atoms with Gasteiger partial charge in [-0.1, -0.05) is 15.9 Å². The Morgan fingerprint density at radius 1 is 1.56 bits per heavy atom. The lowest BCUT2D eigenvalue weighted by atomic mass is 10.1. The molecule has 0 radical (unpaired) electrons. The van der Waals surface area contributed by atoms with Crippen LogP contribution in [0, 0.1) is 6.92 Å². The number of ether oxygens (including phenoxy) is 2. The number of aryl methyl sites for hydroxylation is 1. The van der Waals surface area contributed by atoms with Crippen molar-refractivity contribution in [1.82, 2.24) is 0 Å². The van der Waals surface area contributed by atoms with Gasteiger partial charge in [0.05, 0.1) is 19.8 Å². The summed E-state index contributed by atoms with van der Waals surface area (Å²) in [6.07, 6.45) is 1.03. The summed E-state index contributed by atoms with van der Waals surface area (Å²) in [5.74, 6) is 0.793. The summed E-state index contributed by atoms with van der Waals surface area (Å²) in [4.78, 5) is 0. The van der Waals surface area contributed by atoms with E-state index >= 15 is 0 Å². The molecule has 0 amide bonds. The van der Waals surface area contributed by atoms with E-state index in [-0.39, 0.29) is 12.7 Å². The molecule has 16 heavy (non-hydrogen) atoms. The van der Waals surface area contributed by atoms with Gasteiger partial charge in [0.25, 0.3) is 0 Å². The first kappa shape index (κ1) is 11.9. The minimum Gasteiger partial charge on any atom is -0.487 e. The molecule has 1 N–H and O–H groups in total. The molecule has 88 valence electrons. The second-order valence-electron chi connectivity index (χ2n) is 3.97. The van der Waals surface area contributed by atoms with Gasteiger partial charge in [-0.3, -0.25) is 0 Å². The lowest BCUT2D eigenvalue weighted by Crippen LogP contribution is -2.17. The fourth-order valence-corrected chi connectivity index (χ4v) is 2.48. The van der Waals surface area contributed by atoms with Gasteiger partial charge in [0.1, 0.15) is 11.9 Å². The average Bonchev–Trinajstić information content (AvgIpc) is 2.74. The lowest BCUT2D eigenvalue weighted by Gasteiger charge is -2.17. The summed E-state index contributed by atoms with van der Waals surface area (Å²) in [5, 5.41) is 9.31. The van der Waals surface area contributed by atoms with Gasteiger partial charge in [-0.05, 0) is 24.6 Å². The Kier molecular flexibility index (Phi) is 3.84. The fourth-order valence-electron chi connectivity index (χ4n) is 1.86. The number of benzene rings is 1. The van der Waals surface area contributed by atoms with Crippen molar-refractivity contribution in [3.8, 4) is 5.75 Å². The highest BCUT2D eigenvalue weighted by atomic mass is 79.9. The van der Waals surface area contributed by atoms with E-state index in [4.69, 9.17) is 9.47 Å². The van der Waals surface area contributed by atoms with Gasteiger partial charge in [0, 0.05) is 16.5 Å². The van der Waals surface area contributed by atoms with E-state index in [0.717, 1.165) is 34.4 Å². The number of hydrogen-bond donors (Lipinski definition) is 1. The van der Waals surface area contributed by atoms with E-state index in [9.17, 15) is 5.11 Å². The molecule has 0 spiro atoms. The molecule has 0 aromatic heterocycles. The van der Waals surface area contributed by atoms with Crippen molar-refractivity contribution >= 4 is 15.9 Å². The molecule has 1 unspecified atom stereocenters. The van der Waals surface area contributed by atoms with Crippen molar-refractivity contribution in [2.45, 2.75) is 26.1 Å². The highest BCUT2D eigenvalue weighted by Gasteiger charge is 2.19. The number of halogens is 1. The van der Waals surface area contributed by atoms with Crippen LogP contribution in [0.15, 0.2) is 16.6 Å². The Morgan fingerprint density at radius 2 is 2.38 bits per heavy atom. The number of rotatable bonds is 3. The zero-order valence-corrected chi connectivity index (χ0v) is 10.8. The molecule has 1 aromatic carbocycles. The summed E-state index contributed by atoms with van der Waals surface area (Å²) < 4.78 is 12.1. The molecular formula is C12H15BrO3. The topological polar surface area (TPSA) is 38.7 Å². The minimum absolute atomic E-state index is 0.0107. The maximum atomic E-state index is 9.31. The van der Waals surface area contributed by atoms with Crippen LogP contribution in [0.3, 0.4) is 0 Å². The zero-order valence-electron chi connectivity index (χ0n) is 9.20. The van der Waals surface area contributed by atoms with Crippen molar-refractivity contribution in [2.24, 2.45) is 0 Å². The minimum atomic E-state index is -0.0107. The van der Waals surface area contributed by atoms with Crippen molar-refractivity contribution in [1.29, 1.82) is 0 Å². The standard InChI is InChI=1S/C12H15BrO3/c1-8-4-10(13)5-9(6-14)12(8)16-11-2-3-15-7-11/h4-5,11,14H,2-3,6-7H2,1H3. The highest BCUT2D eigenvalue weighted by molar-refractivity contribution is 9.10. The van der Waals surface area contributed by atoms with Crippen molar-refractivity contribution in [2.75, 3.05) is 13.2 Å². The second-order valence-corrected chi connectivity index (χ2v) is 4.89. The van der Waals surface area contributed by atoms with Crippen LogP contribution < -0.4 is 4.74 Å². The van der Waals surface area contributed by atoms with Crippen LogP contribution in [-0.2, 0) is 11.3 Å². The maximum Gasteiger partial charge on any atom is 0.128 e. The molecule has 3 nitrogen and oxygen atoms in total. The number of hydrogen-bond acceptors (Lipinski definition) is 3. The van der Waals surface area contributed by atoms with E-state index in [0.29, 0.717) is 6.61 Å². The van der Waals surface area contributed by atoms with E-state index in [1.807, 2.05) is 19.1 Å². The summed E-state index contributed by atoms with van der Waals surface area (Å²) in [6, 6.07) is 3.88. The molecule has 1 heterocycles. The van der Waals surface area contributed by atoms with Gasteiger partial charge in [0.2, 0.25) is 0 Å². The molecule has 1 atom stereocenters. The monoisotopic (exact) mass is 286 g/mol. The third-order valence-electron chi connectivity index (χ3n) is 2.66. The van der Waals surface area contributed by atoms with E-state index in [2.05, 4.69) is 15.9 Å². The van der Waals surface area contributed by atoms with Gasteiger partial charge in [-0.2, -0.15) is 0 Å². The lowest BCUT2D eigenvalue weighted by molar-refractivity contribution is 0.138. The molecule has 1 aromatic rings. The highest BCUT2D eigenvalue weighted by Crippen LogP contribution is 2.30. The predicted octanol–water partition coefficient (Wildman–Crippen LogP) is 2.42. The first-order chi connectivity index (χ1) is 7.70. The summed E-state index contributed by atoms with van der Waals surface area (Å²) in [5.41, 5.74) is 1.85. The fraction of sp³-hybridized carbons (Fsp3) is 0.500. The Balaban J connectivity index is 2.23. The SMILES string of the molecule is Cc1cc(Br)cc(CO)c1OC1CCOC1. The summed E-state index contributed by atoms with van der Waals surface area (Å²) in [6.45, 7) is 3.37. The number of aliphatic hydroxyl groups is 1. The Morgan fingerprint density at radius 3 is 3.00 bits per heavy atom. The van der Waals surface area contributed by atoms with Crippen LogP contribution in [0.5, 0.6) is 5.75 Å². The molecule has 0 bridgehead atoms. The quantitative estimate of drug-likeness (QED) is 0.928. The Bertz CT molecular complexity index is 373. The Labute approximate surface area is 104 Å². The van der Waals surface area contributed by atoms with Gasteiger partial charge in [0.15, 0.2) is 0 Å². The molecule has 1 aliphatic heterocycles. The third-order valence-corrected chi connectivity index (χ3v) is 3.12. The van der Waals surface area contributed by atoms with Crippen LogP contribution in [0.4, 0.5) is 0 Å². The zero-order chi connectivity index (χ0) is 11.5. The molecule has 1 fully saturated rings. The van der Waals surface area contributed by atoms with Crippen LogP contribution in [0.1, 0.15) is 17.5 Å². The summed E-state index contributed by atoms with van der Waals surface area (Å²) in [7, 11) is 0. The number of aliphatic hydroxyl groups excluding tert-OH is 1. The van der Waals surface area contributed by atoms with E-state index in [1.54, 1.807) is 0 Å². The molecule has 0 aliphatic carbocycles. The van der Waals surface area contributed by atoms with Crippen molar-refractivity contribution in [3.63, 3.8) is 0 Å². The molecular weight excluding hydrogens is 272 g/mol. The second kappa shape index (κ2) is 5.17. The normalized spacial score (nSPS) is 20.1. The molecule has 4 heteroatoms. The van der Waals surface area contributed by atoms with Gasteiger partial charge in [-0.25, -0.2) is 0 Å². The molecule has 1 saturated heterocycles. The first-order valence-electron chi connectivity index (χ1n) is 5.35. The van der Waals surface area contributed by atoms with Crippen molar-refractivity contribution in [3.05, 3.63) is 27.7 Å². The predicted molar refractivity (Wildman–Crippen MR) is 64.7 cm³/mol.